The molecule has 0 saturated carbocycles. The molecule has 4 heteroatoms. The molecular formula is C19H21NO2S. The Balaban J connectivity index is 1.61. The van der Waals surface area contributed by atoms with Gasteiger partial charge in [-0.15, -0.1) is 0 Å². The second kappa shape index (κ2) is 8.09. The first kappa shape index (κ1) is 16.0. The van der Waals surface area contributed by atoms with E-state index >= 15 is 0 Å². The Labute approximate surface area is 142 Å². The standard InChI is InChI=1S/C19H21NO2S/c23-19(20-13-16-9-6-12-21-16)17-10-4-5-11-18(17)22-14-15-7-2-1-3-8-15/h1-5,7-8,10-11,16H,6,9,12-14H2,(H,20,23)/t16-/m0/s1. The number of ether oxygens (including phenoxy) is 2. The van der Waals surface area contributed by atoms with Gasteiger partial charge in [-0.25, -0.2) is 0 Å². The summed E-state index contributed by atoms with van der Waals surface area (Å²) in [4.78, 5) is 0.712. The van der Waals surface area contributed by atoms with E-state index in [-0.39, 0.29) is 6.10 Å². The van der Waals surface area contributed by atoms with Gasteiger partial charge in [0.05, 0.1) is 11.7 Å². The summed E-state index contributed by atoms with van der Waals surface area (Å²) in [7, 11) is 0. The largest absolute Gasteiger partial charge is 0.488 e. The number of para-hydroxylation sites is 1. The van der Waals surface area contributed by atoms with Crippen molar-refractivity contribution in [2.45, 2.75) is 25.6 Å². The van der Waals surface area contributed by atoms with Gasteiger partial charge in [-0.1, -0.05) is 54.7 Å². The number of rotatable bonds is 6. The molecule has 0 spiro atoms. The van der Waals surface area contributed by atoms with E-state index in [9.17, 15) is 0 Å². The molecule has 23 heavy (non-hydrogen) atoms. The molecule has 1 N–H and O–H groups in total. The van der Waals surface area contributed by atoms with E-state index in [1.54, 1.807) is 0 Å². The maximum atomic E-state index is 5.96. The molecule has 1 fully saturated rings. The molecule has 2 aromatic rings. The monoisotopic (exact) mass is 327 g/mol. The Morgan fingerprint density at radius 1 is 1.13 bits per heavy atom. The SMILES string of the molecule is S=C(NC[C@@H]1CCCO1)c1ccccc1OCc1ccccc1. The van der Waals surface area contributed by atoms with Crippen molar-refractivity contribution in [2.75, 3.05) is 13.2 Å². The third kappa shape index (κ3) is 4.53. The fourth-order valence-corrected chi connectivity index (χ4v) is 2.87. The van der Waals surface area contributed by atoms with Crippen LogP contribution >= 0.6 is 12.2 Å². The molecule has 3 rings (SSSR count). The average Bonchev–Trinajstić information content (AvgIpc) is 3.12. The molecule has 0 radical (unpaired) electrons. The number of nitrogens with one attached hydrogen (secondary N) is 1. The number of hydrogen-bond acceptors (Lipinski definition) is 3. The molecule has 0 aliphatic carbocycles. The fraction of sp³-hybridized carbons (Fsp3) is 0.316. The van der Waals surface area contributed by atoms with Crippen LogP contribution in [0.25, 0.3) is 0 Å². The van der Waals surface area contributed by atoms with Crippen LogP contribution in [0.3, 0.4) is 0 Å². The van der Waals surface area contributed by atoms with Crippen LogP contribution in [-0.4, -0.2) is 24.2 Å². The first-order chi connectivity index (χ1) is 11.3. The molecular weight excluding hydrogens is 306 g/mol. The summed E-state index contributed by atoms with van der Waals surface area (Å²) < 4.78 is 11.6. The molecule has 3 nitrogen and oxygen atoms in total. The predicted octanol–water partition coefficient (Wildman–Crippen LogP) is 3.71. The zero-order valence-corrected chi connectivity index (χ0v) is 13.9. The first-order valence-corrected chi connectivity index (χ1v) is 8.39. The first-order valence-electron chi connectivity index (χ1n) is 7.98. The topological polar surface area (TPSA) is 30.5 Å². The Morgan fingerprint density at radius 3 is 2.70 bits per heavy atom. The molecule has 120 valence electrons. The van der Waals surface area contributed by atoms with Crippen LogP contribution < -0.4 is 10.1 Å². The van der Waals surface area contributed by atoms with Gasteiger partial charge in [0.15, 0.2) is 0 Å². The highest BCUT2D eigenvalue weighted by Crippen LogP contribution is 2.20. The Bertz CT molecular complexity index is 639. The van der Waals surface area contributed by atoms with Crippen LogP contribution in [0.15, 0.2) is 54.6 Å². The maximum absolute atomic E-state index is 5.96. The van der Waals surface area contributed by atoms with Crippen molar-refractivity contribution >= 4 is 17.2 Å². The van der Waals surface area contributed by atoms with Gasteiger partial charge in [0, 0.05) is 13.2 Å². The molecule has 1 heterocycles. The van der Waals surface area contributed by atoms with Crippen molar-refractivity contribution in [3.05, 3.63) is 65.7 Å². The quantitative estimate of drug-likeness (QED) is 0.819. The lowest BCUT2D eigenvalue weighted by Gasteiger charge is -2.16. The maximum Gasteiger partial charge on any atom is 0.129 e. The van der Waals surface area contributed by atoms with Gasteiger partial charge >= 0.3 is 0 Å². The van der Waals surface area contributed by atoms with Gasteiger partial charge in [0.25, 0.3) is 0 Å². The van der Waals surface area contributed by atoms with Crippen molar-refractivity contribution in [1.82, 2.24) is 5.32 Å². The summed E-state index contributed by atoms with van der Waals surface area (Å²) in [5.74, 6) is 0.807. The van der Waals surface area contributed by atoms with Gasteiger partial charge in [-0.3, -0.25) is 0 Å². The van der Waals surface area contributed by atoms with E-state index in [2.05, 4.69) is 17.4 Å². The van der Waals surface area contributed by atoms with Crippen molar-refractivity contribution in [1.29, 1.82) is 0 Å². The average molecular weight is 327 g/mol. The van der Waals surface area contributed by atoms with Gasteiger partial charge in [0.2, 0.25) is 0 Å². The van der Waals surface area contributed by atoms with Crippen molar-refractivity contribution in [2.24, 2.45) is 0 Å². The zero-order chi connectivity index (χ0) is 15.9. The fourth-order valence-electron chi connectivity index (χ4n) is 2.62. The van der Waals surface area contributed by atoms with Crippen molar-refractivity contribution in [3.63, 3.8) is 0 Å². The minimum Gasteiger partial charge on any atom is -0.488 e. The predicted molar refractivity (Wildman–Crippen MR) is 95.9 cm³/mol. The highest BCUT2D eigenvalue weighted by atomic mass is 32.1. The Morgan fingerprint density at radius 2 is 1.91 bits per heavy atom. The number of benzene rings is 2. The summed E-state index contributed by atoms with van der Waals surface area (Å²) >= 11 is 5.53. The molecule has 2 aromatic carbocycles. The Kier molecular flexibility index (Phi) is 5.61. The van der Waals surface area contributed by atoms with E-state index in [0.29, 0.717) is 11.6 Å². The lowest BCUT2D eigenvalue weighted by molar-refractivity contribution is 0.114. The second-order valence-corrected chi connectivity index (χ2v) is 6.02. The van der Waals surface area contributed by atoms with Gasteiger partial charge < -0.3 is 14.8 Å². The van der Waals surface area contributed by atoms with Crippen LogP contribution in [-0.2, 0) is 11.3 Å². The highest BCUT2D eigenvalue weighted by Gasteiger charge is 2.16. The van der Waals surface area contributed by atoms with Crippen LogP contribution in [0.2, 0.25) is 0 Å². The molecule has 0 unspecified atom stereocenters. The van der Waals surface area contributed by atoms with E-state index in [0.717, 1.165) is 42.9 Å². The van der Waals surface area contributed by atoms with E-state index in [1.165, 1.54) is 0 Å². The van der Waals surface area contributed by atoms with E-state index < -0.39 is 0 Å². The summed E-state index contributed by atoms with van der Waals surface area (Å²) in [5, 5.41) is 3.31. The second-order valence-electron chi connectivity index (χ2n) is 5.62. The van der Waals surface area contributed by atoms with E-state index in [4.69, 9.17) is 21.7 Å². The van der Waals surface area contributed by atoms with Crippen molar-refractivity contribution < 1.29 is 9.47 Å². The molecule has 0 bridgehead atoms. The zero-order valence-electron chi connectivity index (χ0n) is 13.0. The summed E-state index contributed by atoms with van der Waals surface area (Å²) in [6.07, 6.45) is 2.50. The van der Waals surface area contributed by atoms with Gasteiger partial charge in [0.1, 0.15) is 17.3 Å². The van der Waals surface area contributed by atoms with Crippen LogP contribution in [0.4, 0.5) is 0 Å². The van der Waals surface area contributed by atoms with Crippen molar-refractivity contribution in [3.8, 4) is 5.75 Å². The van der Waals surface area contributed by atoms with E-state index in [1.807, 2.05) is 42.5 Å². The number of hydrogen-bond donors (Lipinski definition) is 1. The Hall–Kier alpha value is -1.91. The normalized spacial score (nSPS) is 17.0. The molecule has 1 atom stereocenters. The van der Waals surface area contributed by atoms with Crippen LogP contribution in [0.5, 0.6) is 5.75 Å². The third-order valence-corrected chi connectivity index (χ3v) is 4.25. The molecule has 1 aliphatic heterocycles. The smallest absolute Gasteiger partial charge is 0.129 e. The molecule has 0 amide bonds. The molecule has 1 aliphatic rings. The van der Waals surface area contributed by atoms with Gasteiger partial charge in [-0.05, 0) is 30.5 Å². The van der Waals surface area contributed by atoms with Crippen LogP contribution in [0.1, 0.15) is 24.0 Å². The highest BCUT2D eigenvalue weighted by molar-refractivity contribution is 7.80. The summed E-state index contributed by atoms with van der Waals surface area (Å²) in [6.45, 7) is 2.15. The molecule has 1 saturated heterocycles. The van der Waals surface area contributed by atoms with Gasteiger partial charge in [-0.2, -0.15) is 0 Å². The third-order valence-electron chi connectivity index (χ3n) is 3.88. The minimum absolute atomic E-state index is 0.269. The lowest BCUT2D eigenvalue weighted by atomic mass is 10.2. The number of thiocarbonyl (C=S) groups is 1. The minimum atomic E-state index is 0.269. The van der Waals surface area contributed by atoms with Crippen LogP contribution in [0, 0.1) is 0 Å². The summed E-state index contributed by atoms with van der Waals surface area (Å²) in [5.41, 5.74) is 2.07. The summed E-state index contributed by atoms with van der Waals surface area (Å²) in [6, 6.07) is 18.0. The lowest BCUT2D eigenvalue weighted by Crippen LogP contribution is -2.31. The molecule has 0 aromatic heterocycles.